The van der Waals surface area contributed by atoms with E-state index in [1.807, 2.05) is 19.1 Å². The standard InChI is InChI=1S/C21H18ClN5O3S2/c1-14-12-16(22)13-18-19(14)25-21(31-18)26-20(28)15-4-6-17(7-5-15)32(29,30)27(10-2-8-23)11-3-9-24/h4-7,12-13H,2-3,10-11H2,1H3,(H,25,26,28). The molecular formula is C21H18ClN5O3S2. The topological polar surface area (TPSA) is 127 Å². The number of fused-ring (bicyclic) bond motifs is 1. The van der Waals surface area contributed by atoms with Crippen LogP contribution in [0.1, 0.15) is 28.8 Å². The highest BCUT2D eigenvalue weighted by molar-refractivity contribution is 7.89. The average Bonchev–Trinajstić information content (AvgIpc) is 3.16. The number of aryl methyl sites for hydroxylation is 1. The van der Waals surface area contributed by atoms with Gasteiger partial charge in [-0.1, -0.05) is 22.9 Å². The number of amides is 1. The van der Waals surface area contributed by atoms with Gasteiger partial charge in [-0.05, 0) is 48.9 Å². The molecule has 164 valence electrons. The molecule has 32 heavy (non-hydrogen) atoms. The van der Waals surface area contributed by atoms with E-state index in [-0.39, 0.29) is 36.4 Å². The molecule has 0 aliphatic heterocycles. The fourth-order valence-corrected chi connectivity index (χ4v) is 5.76. The van der Waals surface area contributed by atoms with Gasteiger partial charge in [-0.2, -0.15) is 14.8 Å². The Hall–Kier alpha value is -3.02. The predicted molar refractivity (Wildman–Crippen MR) is 123 cm³/mol. The van der Waals surface area contributed by atoms with E-state index in [1.165, 1.54) is 35.6 Å². The maximum Gasteiger partial charge on any atom is 0.257 e. The third kappa shape index (κ3) is 5.23. The Balaban J connectivity index is 1.78. The van der Waals surface area contributed by atoms with Crippen molar-refractivity contribution in [1.82, 2.24) is 9.29 Å². The van der Waals surface area contributed by atoms with Gasteiger partial charge >= 0.3 is 0 Å². The molecule has 2 aromatic carbocycles. The lowest BCUT2D eigenvalue weighted by molar-refractivity contribution is 0.102. The number of nitrogens with zero attached hydrogens (tertiary/aromatic N) is 4. The van der Waals surface area contributed by atoms with Crippen molar-refractivity contribution in [1.29, 1.82) is 10.5 Å². The first kappa shape index (κ1) is 23.6. The van der Waals surface area contributed by atoms with Crippen LogP contribution in [0.25, 0.3) is 10.2 Å². The SMILES string of the molecule is Cc1cc(Cl)cc2sc(NC(=O)c3ccc(S(=O)(=O)N(CCC#N)CCC#N)cc3)nc12. The number of aromatic nitrogens is 1. The molecule has 0 bridgehead atoms. The van der Waals surface area contributed by atoms with Crippen LogP contribution in [0.2, 0.25) is 5.02 Å². The largest absolute Gasteiger partial charge is 0.298 e. The number of thiazole rings is 1. The second-order valence-corrected chi connectivity index (χ2v) is 10.2. The Morgan fingerprint density at radius 3 is 2.38 bits per heavy atom. The summed E-state index contributed by atoms with van der Waals surface area (Å²) in [5, 5.41) is 21.3. The lowest BCUT2D eigenvalue weighted by atomic mass is 10.2. The minimum absolute atomic E-state index is 0.0101. The van der Waals surface area contributed by atoms with Crippen molar-refractivity contribution < 1.29 is 13.2 Å². The van der Waals surface area contributed by atoms with Crippen LogP contribution in [-0.2, 0) is 10.0 Å². The summed E-state index contributed by atoms with van der Waals surface area (Å²) in [6.45, 7) is 1.86. The second kappa shape index (κ2) is 10.1. The Morgan fingerprint density at radius 1 is 1.16 bits per heavy atom. The van der Waals surface area contributed by atoms with E-state index in [1.54, 1.807) is 12.1 Å². The van der Waals surface area contributed by atoms with Gasteiger partial charge in [0.15, 0.2) is 5.13 Å². The highest BCUT2D eigenvalue weighted by Crippen LogP contribution is 2.31. The molecular weight excluding hydrogens is 470 g/mol. The van der Waals surface area contributed by atoms with Crippen LogP contribution in [0.5, 0.6) is 0 Å². The van der Waals surface area contributed by atoms with Crippen molar-refractivity contribution in [2.75, 3.05) is 18.4 Å². The summed E-state index contributed by atoms with van der Waals surface area (Å²) in [7, 11) is -3.90. The van der Waals surface area contributed by atoms with Crippen molar-refractivity contribution in [3.05, 3.63) is 52.5 Å². The van der Waals surface area contributed by atoms with E-state index >= 15 is 0 Å². The van der Waals surface area contributed by atoms with E-state index in [9.17, 15) is 13.2 Å². The van der Waals surface area contributed by atoms with E-state index in [0.717, 1.165) is 20.1 Å². The number of rotatable bonds is 8. The van der Waals surface area contributed by atoms with Crippen LogP contribution >= 0.6 is 22.9 Å². The van der Waals surface area contributed by atoms with Crippen molar-refractivity contribution in [3.63, 3.8) is 0 Å². The number of hydrogen-bond acceptors (Lipinski definition) is 7. The summed E-state index contributed by atoms with van der Waals surface area (Å²) in [4.78, 5) is 17.0. The Bertz CT molecular complexity index is 1320. The number of halogens is 1. The minimum atomic E-state index is -3.90. The number of hydrogen-bond donors (Lipinski definition) is 1. The van der Waals surface area contributed by atoms with Gasteiger partial charge in [0.25, 0.3) is 5.91 Å². The summed E-state index contributed by atoms with van der Waals surface area (Å²) in [5.74, 6) is -0.428. The zero-order chi connectivity index (χ0) is 23.3. The van der Waals surface area contributed by atoms with Gasteiger partial charge in [-0.3, -0.25) is 10.1 Å². The minimum Gasteiger partial charge on any atom is -0.298 e. The van der Waals surface area contributed by atoms with Crippen LogP contribution < -0.4 is 5.32 Å². The molecule has 3 aromatic rings. The highest BCUT2D eigenvalue weighted by Gasteiger charge is 2.24. The third-order valence-corrected chi connectivity index (χ3v) is 7.62. The van der Waals surface area contributed by atoms with E-state index in [4.69, 9.17) is 22.1 Å². The number of nitriles is 2. The fraction of sp³-hybridized carbons (Fsp3) is 0.238. The summed E-state index contributed by atoms with van der Waals surface area (Å²) < 4.78 is 27.7. The van der Waals surface area contributed by atoms with Gasteiger partial charge in [0.05, 0.1) is 27.3 Å². The highest BCUT2D eigenvalue weighted by atomic mass is 35.5. The number of benzene rings is 2. The quantitative estimate of drug-likeness (QED) is 0.503. The Labute approximate surface area is 194 Å². The normalized spacial score (nSPS) is 11.3. The van der Waals surface area contributed by atoms with Crippen molar-refractivity contribution in [3.8, 4) is 12.1 Å². The molecule has 0 saturated heterocycles. The van der Waals surface area contributed by atoms with Gasteiger partial charge in [0.1, 0.15) is 0 Å². The third-order valence-electron chi connectivity index (χ3n) is 4.57. The molecule has 0 aliphatic carbocycles. The first-order valence-electron chi connectivity index (χ1n) is 9.48. The first-order chi connectivity index (χ1) is 15.3. The van der Waals surface area contributed by atoms with Gasteiger partial charge in [0, 0.05) is 36.5 Å². The molecule has 0 radical (unpaired) electrons. The molecule has 0 unspecified atom stereocenters. The molecule has 8 nitrogen and oxygen atoms in total. The van der Waals surface area contributed by atoms with Gasteiger partial charge in [-0.25, -0.2) is 13.4 Å². The molecule has 0 fully saturated rings. The lowest BCUT2D eigenvalue weighted by Crippen LogP contribution is -2.32. The maximum absolute atomic E-state index is 12.9. The Morgan fingerprint density at radius 2 is 1.78 bits per heavy atom. The second-order valence-electron chi connectivity index (χ2n) is 6.79. The molecule has 1 aromatic heterocycles. The number of anilines is 1. The van der Waals surface area contributed by atoms with E-state index < -0.39 is 15.9 Å². The molecule has 0 spiro atoms. The molecule has 1 N–H and O–H groups in total. The smallest absolute Gasteiger partial charge is 0.257 e. The van der Waals surface area contributed by atoms with Crippen LogP contribution in [0.4, 0.5) is 5.13 Å². The molecule has 1 amide bonds. The van der Waals surface area contributed by atoms with Crippen LogP contribution in [0, 0.1) is 29.6 Å². The maximum atomic E-state index is 12.9. The average molecular weight is 488 g/mol. The van der Waals surface area contributed by atoms with Crippen LogP contribution in [0.3, 0.4) is 0 Å². The van der Waals surface area contributed by atoms with Crippen molar-refractivity contribution >= 4 is 54.2 Å². The molecule has 11 heteroatoms. The van der Waals surface area contributed by atoms with E-state index in [0.29, 0.717) is 10.2 Å². The fourth-order valence-electron chi connectivity index (χ4n) is 3.01. The molecule has 0 aliphatic rings. The predicted octanol–water partition coefficient (Wildman–Crippen LogP) is 4.33. The summed E-state index contributed by atoms with van der Waals surface area (Å²) in [6, 6.07) is 12.9. The van der Waals surface area contributed by atoms with E-state index in [2.05, 4.69) is 10.3 Å². The zero-order valence-electron chi connectivity index (χ0n) is 17.0. The van der Waals surface area contributed by atoms with Gasteiger partial charge < -0.3 is 0 Å². The molecule has 0 saturated carbocycles. The lowest BCUT2D eigenvalue weighted by Gasteiger charge is -2.20. The number of carbonyl (C=O) groups excluding carboxylic acids is 1. The zero-order valence-corrected chi connectivity index (χ0v) is 19.4. The summed E-state index contributed by atoms with van der Waals surface area (Å²) >= 11 is 7.36. The summed E-state index contributed by atoms with van der Waals surface area (Å²) in [5.41, 5.74) is 1.92. The molecule has 3 rings (SSSR count). The number of carbonyl (C=O) groups is 1. The monoisotopic (exact) mass is 487 g/mol. The summed E-state index contributed by atoms with van der Waals surface area (Å²) in [6.07, 6.45) is 0.0238. The molecule has 0 atom stereocenters. The Kier molecular flexibility index (Phi) is 7.44. The van der Waals surface area contributed by atoms with Crippen LogP contribution in [0.15, 0.2) is 41.3 Å². The van der Waals surface area contributed by atoms with Gasteiger partial charge in [0.2, 0.25) is 10.0 Å². The van der Waals surface area contributed by atoms with Crippen molar-refractivity contribution in [2.45, 2.75) is 24.7 Å². The van der Waals surface area contributed by atoms with Gasteiger partial charge in [-0.15, -0.1) is 0 Å². The first-order valence-corrected chi connectivity index (χ1v) is 12.1. The van der Waals surface area contributed by atoms with Crippen LogP contribution in [-0.4, -0.2) is 36.7 Å². The number of sulfonamides is 1. The number of nitrogens with one attached hydrogen (secondary N) is 1. The van der Waals surface area contributed by atoms with Crippen molar-refractivity contribution in [2.24, 2.45) is 0 Å². The molecule has 1 heterocycles.